The van der Waals surface area contributed by atoms with Crippen LogP contribution in [-0.4, -0.2) is 34.5 Å². The third-order valence-electron chi connectivity index (χ3n) is 9.26. The van der Waals surface area contributed by atoms with E-state index in [1.807, 2.05) is 18.7 Å². The lowest BCUT2D eigenvalue weighted by atomic mass is 9.45. The molecule has 7 atom stereocenters. The lowest BCUT2D eigenvalue weighted by Crippen LogP contribution is -2.68. The van der Waals surface area contributed by atoms with Gasteiger partial charge in [-0.2, -0.15) is 11.8 Å². The summed E-state index contributed by atoms with van der Waals surface area (Å²) < 4.78 is 23.5. The number of carbonyl (C=O) groups excluding carboxylic acids is 2. The first-order valence-electron chi connectivity index (χ1n) is 11.4. The van der Waals surface area contributed by atoms with Crippen molar-refractivity contribution in [2.45, 2.75) is 89.2 Å². The Bertz CT molecular complexity index is 821. The van der Waals surface area contributed by atoms with Crippen LogP contribution in [0.2, 0.25) is 0 Å². The molecule has 30 heavy (non-hydrogen) atoms. The number of ether oxygens (including phenoxy) is 1. The van der Waals surface area contributed by atoms with E-state index >= 15 is 4.39 Å². The molecule has 0 bridgehead atoms. The number of hydrogen-bond acceptors (Lipinski definition) is 4. The fourth-order valence-electron chi connectivity index (χ4n) is 7.83. The van der Waals surface area contributed by atoms with Gasteiger partial charge in [-0.25, -0.2) is 4.39 Å². The molecule has 0 aromatic carbocycles. The average molecular weight is 435 g/mol. The van der Waals surface area contributed by atoms with E-state index in [1.165, 1.54) is 13.0 Å². The van der Waals surface area contributed by atoms with Gasteiger partial charge in [-0.15, -0.1) is 0 Å². The van der Waals surface area contributed by atoms with Gasteiger partial charge >= 0.3 is 5.97 Å². The maximum absolute atomic E-state index is 17.6. The Balaban J connectivity index is 1.85. The summed E-state index contributed by atoms with van der Waals surface area (Å²) in [5.41, 5.74) is -1.81. The molecule has 0 aromatic heterocycles. The van der Waals surface area contributed by atoms with Gasteiger partial charge in [0.2, 0.25) is 0 Å². The van der Waals surface area contributed by atoms with Crippen LogP contribution in [0.3, 0.4) is 0 Å². The molecule has 4 rings (SSSR count). The molecular formula is C25H35FO3S. The van der Waals surface area contributed by atoms with Gasteiger partial charge < -0.3 is 4.74 Å². The third-order valence-corrected chi connectivity index (χ3v) is 10.9. The highest BCUT2D eigenvalue weighted by Gasteiger charge is 2.73. The van der Waals surface area contributed by atoms with Gasteiger partial charge in [-0.3, -0.25) is 9.59 Å². The van der Waals surface area contributed by atoms with E-state index < -0.39 is 23.2 Å². The smallest absolute Gasteiger partial charge is 0.303 e. The van der Waals surface area contributed by atoms with Crippen molar-refractivity contribution in [2.75, 3.05) is 6.26 Å². The minimum Gasteiger partial charge on any atom is -0.459 e. The van der Waals surface area contributed by atoms with Crippen LogP contribution in [0.15, 0.2) is 23.8 Å². The van der Waals surface area contributed by atoms with Crippen LogP contribution in [-0.2, 0) is 14.3 Å². The standard InChI is InChI=1S/C25H35FO3S/c1-6-11-24(30-5)13-10-19-20-8-7-17-14-18(28)9-12-22(17,3)25(20,26)21(29-16(2)27)15-23(19,24)4/h9,12,14,19-21H,6-8,10-11,13,15H2,1-5H3/t19-,20-,21-,22-,23-,24-,25-/m0/s1. The van der Waals surface area contributed by atoms with E-state index in [-0.39, 0.29) is 27.8 Å². The van der Waals surface area contributed by atoms with Gasteiger partial charge in [0.1, 0.15) is 6.10 Å². The summed E-state index contributed by atoms with van der Waals surface area (Å²) in [5, 5.41) is 0. The van der Waals surface area contributed by atoms with Crippen LogP contribution >= 0.6 is 11.8 Å². The number of fused-ring (bicyclic) bond motifs is 5. The summed E-state index contributed by atoms with van der Waals surface area (Å²) in [6.45, 7) is 7.86. The lowest BCUT2D eigenvalue weighted by Gasteiger charge is -2.63. The second kappa shape index (κ2) is 7.21. The second-order valence-electron chi connectivity index (χ2n) is 10.3. The van der Waals surface area contributed by atoms with E-state index in [1.54, 1.807) is 12.2 Å². The number of hydrogen-bond donors (Lipinski definition) is 0. The van der Waals surface area contributed by atoms with E-state index in [0.717, 1.165) is 37.7 Å². The Morgan fingerprint density at radius 3 is 2.67 bits per heavy atom. The van der Waals surface area contributed by atoms with Crippen molar-refractivity contribution in [1.82, 2.24) is 0 Å². The topological polar surface area (TPSA) is 43.4 Å². The Hall–Kier alpha value is -1.10. The number of thioether (sulfide) groups is 1. The SMILES string of the molecule is CCC[C@]1(SC)CC[C@H]2[C@@H]3CCC4=CC(=O)C=C[C@]4(C)[C@@]3(F)[C@@H](OC(C)=O)C[C@@]21C. The summed E-state index contributed by atoms with van der Waals surface area (Å²) in [6.07, 6.45) is 12.6. The van der Waals surface area contributed by atoms with Crippen LogP contribution in [0, 0.1) is 22.7 Å². The zero-order valence-electron chi connectivity index (χ0n) is 18.9. The summed E-state index contributed by atoms with van der Waals surface area (Å²) in [5.74, 6) is -0.403. The van der Waals surface area contributed by atoms with Gasteiger partial charge in [0, 0.05) is 23.0 Å². The van der Waals surface area contributed by atoms with Crippen molar-refractivity contribution >= 4 is 23.5 Å². The summed E-state index contributed by atoms with van der Waals surface area (Å²) >= 11 is 1.94. The van der Waals surface area contributed by atoms with Crippen molar-refractivity contribution in [1.29, 1.82) is 0 Å². The molecule has 5 heteroatoms. The van der Waals surface area contributed by atoms with Crippen LogP contribution < -0.4 is 0 Å². The highest BCUT2D eigenvalue weighted by atomic mass is 32.2. The fraction of sp³-hybridized carbons (Fsp3) is 0.760. The highest BCUT2D eigenvalue weighted by molar-refractivity contribution is 8.00. The maximum atomic E-state index is 17.6. The molecule has 0 aromatic rings. The zero-order valence-corrected chi connectivity index (χ0v) is 19.7. The van der Waals surface area contributed by atoms with Crippen molar-refractivity contribution in [3.05, 3.63) is 23.8 Å². The molecule has 3 nitrogen and oxygen atoms in total. The molecule has 0 aliphatic heterocycles. The number of alkyl halides is 1. The molecule has 0 saturated heterocycles. The number of carbonyl (C=O) groups is 2. The molecule has 0 spiro atoms. The molecule has 0 amide bonds. The molecule has 3 fully saturated rings. The number of esters is 1. The zero-order chi connectivity index (χ0) is 21.9. The minimum absolute atomic E-state index is 0.0700. The Morgan fingerprint density at radius 2 is 2.03 bits per heavy atom. The number of allylic oxidation sites excluding steroid dienone is 4. The molecule has 0 N–H and O–H groups in total. The number of ketones is 1. The van der Waals surface area contributed by atoms with Gasteiger partial charge in [0.25, 0.3) is 0 Å². The molecule has 4 aliphatic rings. The van der Waals surface area contributed by atoms with Crippen molar-refractivity contribution in [3.8, 4) is 0 Å². The Morgan fingerprint density at radius 1 is 1.30 bits per heavy atom. The predicted octanol–water partition coefficient (Wildman–Crippen LogP) is 5.83. The maximum Gasteiger partial charge on any atom is 0.303 e. The van der Waals surface area contributed by atoms with Gasteiger partial charge in [0.15, 0.2) is 11.5 Å². The molecule has 166 valence electrons. The minimum atomic E-state index is -1.69. The van der Waals surface area contributed by atoms with Crippen molar-refractivity contribution < 1.29 is 18.7 Å². The normalized spacial score (nSPS) is 47.2. The van der Waals surface area contributed by atoms with Gasteiger partial charge in [-0.1, -0.05) is 31.9 Å². The molecule has 4 aliphatic carbocycles. The number of halogens is 1. The lowest BCUT2D eigenvalue weighted by molar-refractivity contribution is -0.211. The highest BCUT2D eigenvalue weighted by Crippen LogP contribution is 2.72. The molecule has 3 saturated carbocycles. The predicted molar refractivity (Wildman–Crippen MR) is 119 cm³/mol. The van der Waals surface area contributed by atoms with Crippen LogP contribution in [0.1, 0.15) is 72.6 Å². The Labute approximate surface area is 184 Å². The van der Waals surface area contributed by atoms with E-state index in [0.29, 0.717) is 12.8 Å². The van der Waals surface area contributed by atoms with Crippen molar-refractivity contribution in [3.63, 3.8) is 0 Å². The Kier molecular flexibility index (Phi) is 5.32. The monoisotopic (exact) mass is 434 g/mol. The van der Waals surface area contributed by atoms with Crippen LogP contribution in [0.25, 0.3) is 0 Å². The summed E-state index contributed by atoms with van der Waals surface area (Å²) in [6, 6.07) is 0. The first kappa shape index (κ1) is 22.1. The molecular weight excluding hydrogens is 399 g/mol. The van der Waals surface area contributed by atoms with Crippen LogP contribution in [0.5, 0.6) is 0 Å². The van der Waals surface area contributed by atoms with Crippen molar-refractivity contribution in [2.24, 2.45) is 22.7 Å². The van der Waals surface area contributed by atoms with Gasteiger partial charge in [0.05, 0.1) is 0 Å². The number of rotatable bonds is 4. The van der Waals surface area contributed by atoms with E-state index in [4.69, 9.17) is 4.74 Å². The third kappa shape index (κ3) is 2.69. The fourth-order valence-corrected chi connectivity index (χ4v) is 9.26. The molecule has 0 radical (unpaired) electrons. The molecule has 0 unspecified atom stereocenters. The summed E-state index contributed by atoms with van der Waals surface area (Å²) in [4.78, 5) is 24.2. The first-order valence-corrected chi connectivity index (χ1v) is 12.7. The van der Waals surface area contributed by atoms with E-state index in [9.17, 15) is 9.59 Å². The first-order chi connectivity index (χ1) is 14.1. The average Bonchev–Trinajstić information content (AvgIpc) is 2.96. The van der Waals surface area contributed by atoms with Crippen LogP contribution in [0.4, 0.5) is 4.39 Å². The largest absolute Gasteiger partial charge is 0.459 e. The second-order valence-corrected chi connectivity index (χ2v) is 11.5. The van der Waals surface area contributed by atoms with E-state index in [2.05, 4.69) is 20.1 Å². The molecule has 0 heterocycles. The van der Waals surface area contributed by atoms with Gasteiger partial charge in [-0.05, 0) is 75.2 Å². The summed E-state index contributed by atoms with van der Waals surface area (Å²) in [7, 11) is 0. The quantitative estimate of drug-likeness (QED) is 0.522.